The first-order valence-electron chi connectivity index (χ1n) is 5.65. The molecule has 0 radical (unpaired) electrons. The normalized spacial score (nSPS) is 21.6. The molecule has 0 saturated carbocycles. The lowest BCUT2D eigenvalue weighted by Gasteiger charge is -2.20. The van der Waals surface area contributed by atoms with Crippen LogP contribution >= 0.6 is 11.6 Å². The summed E-state index contributed by atoms with van der Waals surface area (Å²) in [5, 5.41) is 0.567. The molecule has 0 spiro atoms. The highest BCUT2D eigenvalue weighted by molar-refractivity contribution is 6.30. The van der Waals surface area contributed by atoms with E-state index >= 15 is 0 Å². The largest absolute Gasteiger partial charge is 0.383 e. The number of rotatable bonds is 4. The monoisotopic (exact) mass is 256 g/mol. The Morgan fingerprint density at radius 2 is 2.47 bits per heavy atom. The van der Waals surface area contributed by atoms with Crippen molar-refractivity contribution < 1.29 is 4.74 Å². The smallest absolute Gasteiger partial charge is 0.128 e. The van der Waals surface area contributed by atoms with Crippen LogP contribution in [0, 0.1) is 5.92 Å². The number of hydrazine groups is 1. The molecule has 0 bridgehead atoms. The van der Waals surface area contributed by atoms with E-state index in [2.05, 4.69) is 10.4 Å². The molecule has 1 aliphatic heterocycles. The molecule has 5 nitrogen and oxygen atoms in total. The first kappa shape index (κ1) is 12.6. The lowest BCUT2D eigenvalue weighted by molar-refractivity contribution is 0.181. The summed E-state index contributed by atoms with van der Waals surface area (Å²) < 4.78 is 5.35. The average molecular weight is 257 g/mol. The summed E-state index contributed by atoms with van der Waals surface area (Å²) in [5.74, 6) is 6.56. The van der Waals surface area contributed by atoms with Gasteiger partial charge in [0, 0.05) is 31.0 Å². The summed E-state index contributed by atoms with van der Waals surface area (Å²) in [6.07, 6.45) is 3.47. The van der Waals surface area contributed by atoms with E-state index in [-0.39, 0.29) is 6.04 Å². The van der Waals surface area contributed by atoms with Gasteiger partial charge in [-0.1, -0.05) is 11.6 Å². The number of halogens is 1. The van der Waals surface area contributed by atoms with Crippen molar-refractivity contribution >= 4 is 17.4 Å². The molecule has 2 rings (SSSR count). The number of aromatic nitrogens is 1. The zero-order valence-electron chi connectivity index (χ0n) is 9.53. The van der Waals surface area contributed by atoms with Crippen molar-refractivity contribution in [1.82, 2.24) is 10.4 Å². The van der Waals surface area contributed by atoms with Gasteiger partial charge in [0.25, 0.3) is 0 Å². The highest BCUT2D eigenvalue weighted by Crippen LogP contribution is 2.29. The van der Waals surface area contributed by atoms with Gasteiger partial charge < -0.3 is 10.5 Å². The third-order valence-electron chi connectivity index (χ3n) is 3.09. The van der Waals surface area contributed by atoms with Crippen LogP contribution in [0.25, 0.3) is 0 Å². The highest BCUT2D eigenvalue weighted by Gasteiger charge is 2.23. The SMILES string of the molecule is NNC(CC1CCOC1)c1cc(Cl)cnc1N. The van der Waals surface area contributed by atoms with Crippen LogP contribution in [-0.2, 0) is 4.74 Å². The van der Waals surface area contributed by atoms with Crippen LogP contribution in [-0.4, -0.2) is 18.2 Å². The molecule has 0 amide bonds. The van der Waals surface area contributed by atoms with Crippen molar-refractivity contribution in [2.75, 3.05) is 18.9 Å². The fraction of sp³-hybridized carbons (Fsp3) is 0.545. The predicted molar refractivity (Wildman–Crippen MR) is 67.3 cm³/mol. The molecule has 1 aliphatic rings. The van der Waals surface area contributed by atoms with E-state index in [0.717, 1.165) is 31.6 Å². The van der Waals surface area contributed by atoms with Gasteiger partial charge in [-0.15, -0.1) is 0 Å². The molecule has 0 aliphatic carbocycles. The number of nitrogens with one attached hydrogen (secondary N) is 1. The van der Waals surface area contributed by atoms with Crippen molar-refractivity contribution in [1.29, 1.82) is 0 Å². The van der Waals surface area contributed by atoms with Crippen LogP contribution in [0.1, 0.15) is 24.4 Å². The van der Waals surface area contributed by atoms with Gasteiger partial charge in [0.1, 0.15) is 5.82 Å². The molecule has 1 aromatic rings. The zero-order chi connectivity index (χ0) is 12.3. The van der Waals surface area contributed by atoms with E-state index in [1.54, 1.807) is 0 Å². The maximum atomic E-state index is 5.92. The lowest BCUT2D eigenvalue weighted by Crippen LogP contribution is -2.30. The standard InChI is InChI=1S/C11H17ClN4O/c12-8-4-9(11(13)15-5-8)10(16-14)3-7-1-2-17-6-7/h4-5,7,10,16H,1-3,6,14H2,(H2,13,15). The second-order valence-electron chi connectivity index (χ2n) is 4.31. The van der Waals surface area contributed by atoms with E-state index in [0.29, 0.717) is 16.8 Å². The number of nitrogens with two attached hydrogens (primary N) is 2. The van der Waals surface area contributed by atoms with E-state index in [4.69, 9.17) is 27.9 Å². The van der Waals surface area contributed by atoms with Gasteiger partial charge in [0.15, 0.2) is 0 Å². The Morgan fingerprint density at radius 1 is 1.65 bits per heavy atom. The van der Waals surface area contributed by atoms with Gasteiger partial charge >= 0.3 is 0 Å². The molecule has 0 aromatic carbocycles. The van der Waals surface area contributed by atoms with Gasteiger partial charge in [-0.05, 0) is 24.8 Å². The minimum absolute atomic E-state index is 0.0344. The maximum absolute atomic E-state index is 5.92. The molecule has 2 unspecified atom stereocenters. The fourth-order valence-electron chi connectivity index (χ4n) is 2.13. The molecule has 1 fully saturated rings. The number of nitrogens with zero attached hydrogens (tertiary/aromatic N) is 1. The molecule has 5 N–H and O–H groups in total. The number of hydrogen-bond acceptors (Lipinski definition) is 5. The lowest BCUT2D eigenvalue weighted by atomic mass is 9.95. The number of nitrogen functional groups attached to an aromatic ring is 1. The number of anilines is 1. The first-order valence-corrected chi connectivity index (χ1v) is 6.03. The van der Waals surface area contributed by atoms with E-state index < -0.39 is 0 Å². The van der Waals surface area contributed by atoms with E-state index in [1.807, 2.05) is 6.07 Å². The van der Waals surface area contributed by atoms with Crippen LogP contribution in [0.2, 0.25) is 5.02 Å². The van der Waals surface area contributed by atoms with Gasteiger partial charge in [0.05, 0.1) is 5.02 Å². The molecule has 94 valence electrons. The second-order valence-corrected chi connectivity index (χ2v) is 4.75. The van der Waals surface area contributed by atoms with Crippen LogP contribution in [0.5, 0.6) is 0 Å². The third-order valence-corrected chi connectivity index (χ3v) is 3.29. The Balaban J connectivity index is 2.13. The van der Waals surface area contributed by atoms with Gasteiger partial charge in [-0.3, -0.25) is 11.3 Å². The van der Waals surface area contributed by atoms with Crippen LogP contribution in [0.4, 0.5) is 5.82 Å². The Bertz CT molecular complexity index is 382. The average Bonchev–Trinajstić information content (AvgIpc) is 2.82. The Morgan fingerprint density at radius 3 is 3.12 bits per heavy atom. The van der Waals surface area contributed by atoms with Crippen molar-refractivity contribution in [3.05, 3.63) is 22.8 Å². The maximum Gasteiger partial charge on any atom is 0.128 e. The molecule has 2 heterocycles. The van der Waals surface area contributed by atoms with Gasteiger partial charge in [-0.2, -0.15) is 0 Å². The fourth-order valence-corrected chi connectivity index (χ4v) is 2.30. The van der Waals surface area contributed by atoms with E-state index in [1.165, 1.54) is 6.20 Å². The minimum Gasteiger partial charge on any atom is -0.383 e. The summed E-state index contributed by atoms with van der Waals surface area (Å²) in [6, 6.07) is 1.78. The number of ether oxygens (including phenoxy) is 1. The number of pyridine rings is 1. The van der Waals surface area contributed by atoms with Gasteiger partial charge in [-0.25, -0.2) is 4.98 Å². The molecule has 6 heteroatoms. The Kier molecular flexibility index (Phi) is 4.17. The Hall–Kier alpha value is -0.880. The van der Waals surface area contributed by atoms with Gasteiger partial charge in [0.2, 0.25) is 0 Å². The van der Waals surface area contributed by atoms with Crippen molar-refractivity contribution in [2.24, 2.45) is 11.8 Å². The number of hydrogen-bond donors (Lipinski definition) is 3. The third kappa shape index (κ3) is 3.07. The molecule has 17 heavy (non-hydrogen) atoms. The van der Waals surface area contributed by atoms with Crippen molar-refractivity contribution in [3.63, 3.8) is 0 Å². The Labute approximate surface area is 105 Å². The predicted octanol–water partition coefficient (Wildman–Crippen LogP) is 1.25. The second kappa shape index (κ2) is 5.64. The molecular formula is C11H17ClN4O. The van der Waals surface area contributed by atoms with E-state index in [9.17, 15) is 0 Å². The van der Waals surface area contributed by atoms with Crippen molar-refractivity contribution in [3.8, 4) is 0 Å². The van der Waals surface area contributed by atoms with Crippen LogP contribution < -0.4 is 17.0 Å². The van der Waals surface area contributed by atoms with Crippen molar-refractivity contribution in [2.45, 2.75) is 18.9 Å². The molecule has 1 aromatic heterocycles. The quantitative estimate of drug-likeness (QED) is 0.558. The zero-order valence-corrected chi connectivity index (χ0v) is 10.3. The summed E-state index contributed by atoms with van der Waals surface area (Å²) in [6.45, 7) is 1.61. The van der Waals surface area contributed by atoms with Crippen LogP contribution in [0.3, 0.4) is 0 Å². The molecule has 2 atom stereocenters. The highest BCUT2D eigenvalue weighted by atomic mass is 35.5. The summed E-state index contributed by atoms with van der Waals surface area (Å²) in [7, 11) is 0. The summed E-state index contributed by atoms with van der Waals surface area (Å²) in [5.41, 5.74) is 9.48. The first-order chi connectivity index (χ1) is 8.20. The molecule has 1 saturated heterocycles. The topological polar surface area (TPSA) is 86.2 Å². The molecular weight excluding hydrogens is 240 g/mol. The summed E-state index contributed by atoms with van der Waals surface area (Å²) in [4.78, 5) is 4.04. The van der Waals surface area contributed by atoms with Crippen LogP contribution in [0.15, 0.2) is 12.3 Å². The summed E-state index contributed by atoms with van der Waals surface area (Å²) >= 11 is 5.92. The minimum atomic E-state index is -0.0344.